The maximum absolute atomic E-state index is 11.5. The number of carbonyl (C=O) groups is 1. The molecule has 0 aliphatic rings. The molecule has 0 amide bonds. The summed E-state index contributed by atoms with van der Waals surface area (Å²) in [5.41, 5.74) is -0.847. The van der Waals surface area contributed by atoms with Gasteiger partial charge in [-0.1, -0.05) is 20.8 Å². The molecule has 0 atom stereocenters. The molecule has 0 spiro atoms. The number of hydrogen-bond acceptors (Lipinski definition) is 3. The van der Waals surface area contributed by atoms with Crippen molar-refractivity contribution in [3.8, 4) is 0 Å². The second-order valence-electron chi connectivity index (χ2n) is 4.72. The lowest BCUT2D eigenvalue weighted by Gasteiger charge is -2.29. The van der Waals surface area contributed by atoms with Crippen LogP contribution in [0.1, 0.15) is 60.8 Å². The van der Waals surface area contributed by atoms with Gasteiger partial charge in [0, 0.05) is 0 Å². The molecule has 0 bridgehead atoms. The maximum atomic E-state index is 11.5. The zero-order valence-electron chi connectivity index (χ0n) is 10.8. The summed E-state index contributed by atoms with van der Waals surface area (Å²) in [5.74, 6) is 0. The summed E-state index contributed by atoms with van der Waals surface area (Å²) in [6.45, 7) is 11.7. The first-order valence-electron chi connectivity index (χ1n) is 5.70. The van der Waals surface area contributed by atoms with Gasteiger partial charge in [-0.15, -0.1) is 0 Å². The van der Waals surface area contributed by atoms with E-state index in [2.05, 4.69) is 0 Å². The minimum atomic E-state index is -0.562. The SMILES string of the molecule is CCC(C)(C)OC(=O)OC(C)(CC)CC. The van der Waals surface area contributed by atoms with E-state index in [0.29, 0.717) is 0 Å². The molecule has 0 rings (SSSR count). The van der Waals surface area contributed by atoms with E-state index < -0.39 is 17.4 Å². The Labute approximate surface area is 93.1 Å². The van der Waals surface area contributed by atoms with Gasteiger partial charge in [0.2, 0.25) is 0 Å². The summed E-state index contributed by atoms with van der Waals surface area (Å²) in [4.78, 5) is 11.5. The molecule has 3 heteroatoms. The molecule has 0 heterocycles. The molecule has 0 aromatic rings. The van der Waals surface area contributed by atoms with Gasteiger partial charge in [-0.25, -0.2) is 4.79 Å². The molecular weight excluding hydrogens is 192 g/mol. The molecular formula is C12H24O3. The molecule has 15 heavy (non-hydrogen) atoms. The van der Waals surface area contributed by atoms with Gasteiger partial charge in [0.1, 0.15) is 11.2 Å². The molecule has 0 aromatic carbocycles. The summed E-state index contributed by atoms with van der Waals surface area (Å²) < 4.78 is 10.5. The molecule has 0 unspecified atom stereocenters. The average Bonchev–Trinajstić information content (AvgIpc) is 2.16. The van der Waals surface area contributed by atoms with Crippen LogP contribution in [0.25, 0.3) is 0 Å². The average molecular weight is 216 g/mol. The van der Waals surface area contributed by atoms with Crippen molar-refractivity contribution in [2.75, 3.05) is 0 Å². The first kappa shape index (κ1) is 14.3. The predicted octanol–water partition coefficient (Wildman–Crippen LogP) is 3.91. The van der Waals surface area contributed by atoms with E-state index in [-0.39, 0.29) is 0 Å². The Bertz CT molecular complexity index is 205. The summed E-state index contributed by atoms with van der Waals surface area (Å²) in [7, 11) is 0. The van der Waals surface area contributed by atoms with Crippen molar-refractivity contribution in [2.45, 2.75) is 72.0 Å². The van der Waals surface area contributed by atoms with Gasteiger partial charge in [-0.3, -0.25) is 0 Å². The lowest BCUT2D eigenvalue weighted by atomic mass is 10.0. The Balaban J connectivity index is 4.26. The highest BCUT2D eigenvalue weighted by molar-refractivity contribution is 5.61. The maximum Gasteiger partial charge on any atom is 0.509 e. The molecule has 0 aliphatic heterocycles. The number of ether oxygens (including phenoxy) is 2. The normalized spacial score (nSPS) is 12.4. The monoisotopic (exact) mass is 216 g/mol. The zero-order chi connectivity index (χ0) is 12.1. The van der Waals surface area contributed by atoms with E-state index in [9.17, 15) is 4.79 Å². The summed E-state index contributed by atoms with van der Waals surface area (Å²) >= 11 is 0. The van der Waals surface area contributed by atoms with Crippen molar-refractivity contribution in [1.82, 2.24) is 0 Å². The summed E-state index contributed by atoms with van der Waals surface area (Å²) in [6.07, 6.45) is 1.81. The van der Waals surface area contributed by atoms with Gasteiger partial charge in [0.25, 0.3) is 0 Å². The van der Waals surface area contributed by atoms with E-state index >= 15 is 0 Å². The fourth-order valence-electron chi connectivity index (χ4n) is 0.914. The van der Waals surface area contributed by atoms with Gasteiger partial charge >= 0.3 is 6.16 Å². The van der Waals surface area contributed by atoms with Crippen LogP contribution >= 0.6 is 0 Å². The van der Waals surface area contributed by atoms with Crippen molar-refractivity contribution < 1.29 is 14.3 Å². The Hall–Kier alpha value is -0.730. The molecule has 0 N–H and O–H groups in total. The Morgan fingerprint density at radius 3 is 1.73 bits per heavy atom. The minimum absolute atomic E-state index is 0.402. The van der Waals surface area contributed by atoms with Gasteiger partial charge in [0.05, 0.1) is 0 Å². The van der Waals surface area contributed by atoms with E-state index in [4.69, 9.17) is 9.47 Å². The lowest BCUT2D eigenvalue weighted by Crippen LogP contribution is -2.35. The summed E-state index contributed by atoms with van der Waals surface area (Å²) in [6, 6.07) is 0. The van der Waals surface area contributed by atoms with Crippen LogP contribution in [0.3, 0.4) is 0 Å². The Morgan fingerprint density at radius 1 is 0.933 bits per heavy atom. The van der Waals surface area contributed by atoms with Crippen molar-refractivity contribution in [3.63, 3.8) is 0 Å². The molecule has 90 valence electrons. The van der Waals surface area contributed by atoms with Crippen LogP contribution in [0, 0.1) is 0 Å². The van der Waals surface area contributed by atoms with Crippen molar-refractivity contribution in [2.24, 2.45) is 0 Å². The van der Waals surface area contributed by atoms with Gasteiger partial charge < -0.3 is 9.47 Å². The highest BCUT2D eigenvalue weighted by atomic mass is 16.7. The van der Waals surface area contributed by atoms with Gasteiger partial charge in [-0.05, 0) is 40.0 Å². The number of carbonyl (C=O) groups excluding carboxylic acids is 1. The first-order chi connectivity index (χ1) is 6.78. The molecule has 0 fully saturated rings. The fraction of sp³-hybridized carbons (Fsp3) is 0.917. The van der Waals surface area contributed by atoms with Crippen molar-refractivity contribution >= 4 is 6.16 Å². The van der Waals surface area contributed by atoms with E-state index in [1.807, 2.05) is 41.5 Å². The molecule has 0 aromatic heterocycles. The highest BCUT2D eigenvalue weighted by Crippen LogP contribution is 2.22. The quantitative estimate of drug-likeness (QED) is 0.654. The third-order valence-corrected chi connectivity index (χ3v) is 3.04. The second-order valence-corrected chi connectivity index (χ2v) is 4.72. The lowest BCUT2D eigenvalue weighted by molar-refractivity contribution is -0.0681. The Kier molecular flexibility index (Phi) is 5.12. The second kappa shape index (κ2) is 5.38. The van der Waals surface area contributed by atoms with Crippen molar-refractivity contribution in [1.29, 1.82) is 0 Å². The molecule has 0 radical (unpaired) electrons. The third-order valence-electron chi connectivity index (χ3n) is 3.04. The van der Waals surface area contributed by atoms with Crippen LogP contribution in [0.5, 0.6) is 0 Å². The van der Waals surface area contributed by atoms with E-state index in [1.165, 1.54) is 0 Å². The third kappa shape index (κ3) is 5.05. The highest BCUT2D eigenvalue weighted by Gasteiger charge is 2.29. The van der Waals surface area contributed by atoms with Gasteiger partial charge in [0.15, 0.2) is 0 Å². The molecule has 3 nitrogen and oxygen atoms in total. The smallest absolute Gasteiger partial charge is 0.428 e. The van der Waals surface area contributed by atoms with Crippen LogP contribution in [0.4, 0.5) is 4.79 Å². The van der Waals surface area contributed by atoms with E-state index in [1.54, 1.807) is 0 Å². The topological polar surface area (TPSA) is 35.5 Å². The number of hydrogen-bond donors (Lipinski definition) is 0. The Morgan fingerprint density at radius 2 is 1.40 bits per heavy atom. The van der Waals surface area contributed by atoms with Gasteiger partial charge in [-0.2, -0.15) is 0 Å². The minimum Gasteiger partial charge on any atom is -0.428 e. The standard InChI is InChI=1S/C12H24O3/c1-7-11(4,5)14-10(13)15-12(6,8-2)9-3/h7-9H2,1-6H3. The van der Waals surface area contributed by atoms with Crippen LogP contribution in [0.2, 0.25) is 0 Å². The zero-order valence-corrected chi connectivity index (χ0v) is 10.8. The molecule has 0 aliphatic carbocycles. The van der Waals surface area contributed by atoms with Crippen LogP contribution in [-0.2, 0) is 9.47 Å². The molecule has 0 saturated heterocycles. The largest absolute Gasteiger partial charge is 0.509 e. The predicted molar refractivity (Wildman–Crippen MR) is 60.9 cm³/mol. The number of rotatable bonds is 5. The molecule has 0 saturated carbocycles. The first-order valence-corrected chi connectivity index (χ1v) is 5.70. The fourth-order valence-corrected chi connectivity index (χ4v) is 0.914. The van der Waals surface area contributed by atoms with E-state index in [0.717, 1.165) is 19.3 Å². The van der Waals surface area contributed by atoms with Crippen LogP contribution in [-0.4, -0.2) is 17.4 Å². The van der Waals surface area contributed by atoms with Crippen LogP contribution < -0.4 is 0 Å². The summed E-state index contributed by atoms with van der Waals surface area (Å²) in [5, 5.41) is 0. The van der Waals surface area contributed by atoms with Crippen molar-refractivity contribution in [3.05, 3.63) is 0 Å². The van der Waals surface area contributed by atoms with Crippen LogP contribution in [0.15, 0.2) is 0 Å².